The Kier molecular flexibility index (Phi) is 4.87. The van der Waals surface area contributed by atoms with Crippen LogP contribution in [0.5, 0.6) is 0 Å². The zero-order valence-electron chi connectivity index (χ0n) is 17.5. The molecule has 2 aliphatic rings. The van der Waals surface area contributed by atoms with Gasteiger partial charge >= 0.3 is 12.2 Å². The lowest BCUT2D eigenvalue weighted by atomic mass is 10.1. The number of aromatic amines is 1. The number of hydrogen-bond donors (Lipinski definition) is 3. The number of alkyl halides is 3. The third-order valence-electron chi connectivity index (χ3n) is 5.91. The molecule has 2 aliphatic heterocycles. The van der Waals surface area contributed by atoms with Gasteiger partial charge in [0.15, 0.2) is 5.82 Å². The Morgan fingerprint density at radius 3 is 2.88 bits per heavy atom. The van der Waals surface area contributed by atoms with Crippen LogP contribution in [-0.4, -0.2) is 58.2 Å². The Morgan fingerprint density at radius 1 is 1.27 bits per heavy atom. The second kappa shape index (κ2) is 7.64. The third kappa shape index (κ3) is 3.81. The van der Waals surface area contributed by atoms with Gasteiger partial charge in [-0.05, 0) is 37.6 Å². The highest BCUT2D eigenvalue weighted by atomic mass is 19.4. The van der Waals surface area contributed by atoms with Crippen LogP contribution in [0.4, 0.5) is 35.3 Å². The molecule has 3 aromatic rings. The number of hydrogen-bond acceptors (Lipinski definition) is 5. The number of halogens is 3. The summed E-state index contributed by atoms with van der Waals surface area (Å²) in [5.74, 6) is -0.381. The van der Waals surface area contributed by atoms with Crippen LogP contribution in [-0.2, 0) is 0 Å². The van der Waals surface area contributed by atoms with E-state index >= 15 is 0 Å². The van der Waals surface area contributed by atoms with Crippen molar-refractivity contribution in [1.82, 2.24) is 20.3 Å². The molecule has 2 atom stereocenters. The zero-order chi connectivity index (χ0) is 23.3. The van der Waals surface area contributed by atoms with Crippen LogP contribution in [0.25, 0.3) is 10.9 Å². The van der Waals surface area contributed by atoms with Crippen LogP contribution in [0.2, 0.25) is 0 Å². The highest BCUT2D eigenvalue weighted by Gasteiger charge is 2.41. The van der Waals surface area contributed by atoms with Crippen LogP contribution < -0.4 is 20.4 Å². The number of amides is 3. The first kappa shape index (κ1) is 21.0. The molecule has 3 N–H and O–H groups in total. The summed E-state index contributed by atoms with van der Waals surface area (Å²) in [6.07, 6.45) is -0.508. The Balaban J connectivity index is 1.43. The largest absolute Gasteiger partial charge is 0.408 e. The molecule has 3 amide bonds. The molecule has 0 saturated carbocycles. The predicted molar refractivity (Wildman–Crippen MR) is 115 cm³/mol. The maximum absolute atomic E-state index is 13.2. The van der Waals surface area contributed by atoms with Gasteiger partial charge in [0.1, 0.15) is 17.6 Å². The van der Waals surface area contributed by atoms with Crippen LogP contribution in [0.15, 0.2) is 36.7 Å². The minimum Gasteiger partial charge on any atom is -0.366 e. The standard InChI is InChI=1S/C21H20F3N7O2/c1-11(21(22,23)24)27-19(32)14-2-3-16-18(28-14)31(13-5-7-30(16)10-13)20(33)29-17-8-12-4-6-25-15(12)9-26-17/h2-4,6,8-9,11,13,25H,5,7,10H2,1H3,(H,27,32)(H,26,29,33)/t11-,13+/m1/s1. The first-order valence-electron chi connectivity index (χ1n) is 10.4. The minimum absolute atomic E-state index is 0.187. The van der Waals surface area contributed by atoms with Crippen LogP contribution >= 0.6 is 0 Å². The first-order chi connectivity index (χ1) is 15.7. The maximum Gasteiger partial charge on any atom is 0.408 e. The van der Waals surface area contributed by atoms with E-state index < -0.39 is 24.2 Å². The van der Waals surface area contributed by atoms with Crippen molar-refractivity contribution < 1.29 is 22.8 Å². The average Bonchev–Trinajstić information content (AvgIpc) is 3.40. The van der Waals surface area contributed by atoms with Crippen LogP contribution in [0.1, 0.15) is 23.8 Å². The van der Waals surface area contributed by atoms with Crippen molar-refractivity contribution in [2.45, 2.75) is 31.6 Å². The van der Waals surface area contributed by atoms with Gasteiger partial charge in [-0.1, -0.05) is 0 Å². The zero-order valence-corrected chi connectivity index (χ0v) is 17.5. The molecule has 3 aromatic heterocycles. The molecule has 0 aliphatic carbocycles. The summed E-state index contributed by atoms with van der Waals surface area (Å²) < 4.78 is 38.6. The van der Waals surface area contributed by atoms with Gasteiger partial charge in [0.2, 0.25) is 0 Å². The molecule has 5 rings (SSSR count). The van der Waals surface area contributed by atoms with Gasteiger partial charge < -0.3 is 15.2 Å². The van der Waals surface area contributed by atoms with Gasteiger partial charge in [-0.2, -0.15) is 13.2 Å². The smallest absolute Gasteiger partial charge is 0.366 e. The predicted octanol–water partition coefficient (Wildman–Crippen LogP) is 3.27. The quantitative estimate of drug-likeness (QED) is 0.558. The van der Waals surface area contributed by atoms with Crippen molar-refractivity contribution in [1.29, 1.82) is 0 Å². The summed E-state index contributed by atoms with van der Waals surface area (Å²) in [6, 6.07) is 3.87. The molecule has 9 nitrogen and oxygen atoms in total. The van der Waals surface area contributed by atoms with Crippen molar-refractivity contribution in [2.24, 2.45) is 0 Å². The van der Waals surface area contributed by atoms with Crippen molar-refractivity contribution in [3.8, 4) is 0 Å². The van der Waals surface area contributed by atoms with Crippen molar-refractivity contribution in [3.63, 3.8) is 0 Å². The van der Waals surface area contributed by atoms with E-state index in [2.05, 4.69) is 20.3 Å². The number of H-pyrrole nitrogens is 1. The number of pyridine rings is 2. The second-order valence-corrected chi connectivity index (χ2v) is 8.10. The monoisotopic (exact) mass is 459 g/mol. The maximum atomic E-state index is 13.2. The average molecular weight is 459 g/mol. The van der Waals surface area contributed by atoms with Gasteiger partial charge in [0.25, 0.3) is 5.91 Å². The summed E-state index contributed by atoms with van der Waals surface area (Å²) in [7, 11) is 0. The van der Waals surface area contributed by atoms with Crippen molar-refractivity contribution >= 4 is 40.2 Å². The molecule has 172 valence electrons. The van der Waals surface area contributed by atoms with E-state index in [1.54, 1.807) is 24.5 Å². The van der Waals surface area contributed by atoms with E-state index in [1.807, 2.05) is 16.3 Å². The van der Waals surface area contributed by atoms with E-state index in [0.717, 1.165) is 17.8 Å². The van der Waals surface area contributed by atoms with E-state index in [0.29, 0.717) is 31.0 Å². The Bertz CT molecular complexity index is 1240. The number of nitrogens with zero attached hydrogens (tertiary/aromatic N) is 4. The van der Waals surface area contributed by atoms with E-state index in [-0.39, 0.29) is 17.6 Å². The SMILES string of the molecule is C[C@@H](NC(=O)c1ccc2c(n1)N(C(=O)Nc1cc3cc[nH]c3cn1)[C@H]1CCN2C1)C(F)(F)F. The minimum atomic E-state index is -4.58. The van der Waals surface area contributed by atoms with Gasteiger partial charge in [-0.3, -0.25) is 15.0 Å². The highest BCUT2D eigenvalue weighted by Crippen LogP contribution is 2.39. The van der Waals surface area contributed by atoms with Gasteiger partial charge in [0.05, 0.1) is 23.4 Å². The lowest BCUT2D eigenvalue weighted by Gasteiger charge is -2.35. The number of urea groups is 1. The molecule has 2 bridgehead atoms. The summed E-state index contributed by atoms with van der Waals surface area (Å²) in [4.78, 5) is 40.7. The van der Waals surface area contributed by atoms with Crippen molar-refractivity contribution in [2.75, 3.05) is 28.2 Å². The fourth-order valence-corrected chi connectivity index (χ4v) is 4.14. The van der Waals surface area contributed by atoms with Gasteiger partial charge in [-0.15, -0.1) is 0 Å². The summed E-state index contributed by atoms with van der Waals surface area (Å²) in [5, 5.41) is 5.56. The molecular weight excluding hydrogens is 439 g/mol. The molecule has 1 fully saturated rings. The fourth-order valence-electron chi connectivity index (χ4n) is 4.14. The number of anilines is 3. The van der Waals surface area contributed by atoms with E-state index in [9.17, 15) is 22.8 Å². The first-order valence-corrected chi connectivity index (χ1v) is 10.4. The normalized spacial score (nSPS) is 18.2. The molecule has 1 saturated heterocycles. The lowest BCUT2D eigenvalue weighted by molar-refractivity contribution is -0.149. The third-order valence-corrected chi connectivity index (χ3v) is 5.91. The van der Waals surface area contributed by atoms with Crippen LogP contribution in [0.3, 0.4) is 0 Å². The topological polar surface area (TPSA) is 106 Å². The van der Waals surface area contributed by atoms with Crippen LogP contribution in [0, 0.1) is 0 Å². The number of nitrogens with one attached hydrogen (secondary N) is 3. The Labute approximate surface area is 186 Å². The Morgan fingerprint density at radius 2 is 2.09 bits per heavy atom. The molecule has 0 aromatic carbocycles. The molecule has 33 heavy (non-hydrogen) atoms. The molecule has 0 radical (unpaired) electrons. The van der Waals surface area contributed by atoms with E-state index in [1.165, 1.54) is 11.0 Å². The molecule has 12 heteroatoms. The van der Waals surface area contributed by atoms with Crippen molar-refractivity contribution in [3.05, 3.63) is 42.4 Å². The number of rotatable bonds is 3. The number of carbonyl (C=O) groups is 2. The number of aromatic nitrogens is 3. The van der Waals surface area contributed by atoms with Gasteiger partial charge in [-0.25, -0.2) is 14.8 Å². The second-order valence-electron chi connectivity index (χ2n) is 8.10. The van der Waals surface area contributed by atoms with E-state index in [4.69, 9.17) is 0 Å². The summed E-state index contributed by atoms with van der Waals surface area (Å²) >= 11 is 0. The molecule has 0 spiro atoms. The summed E-state index contributed by atoms with van der Waals surface area (Å²) in [5.41, 5.74) is 1.28. The number of fused-ring (bicyclic) bond motifs is 5. The molecular formula is C21H20F3N7O2. The lowest BCUT2D eigenvalue weighted by Crippen LogP contribution is -2.49. The fraction of sp³-hybridized carbons (Fsp3) is 0.333. The molecule has 5 heterocycles. The van der Waals surface area contributed by atoms with Gasteiger partial charge in [0, 0.05) is 24.7 Å². The highest BCUT2D eigenvalue weighted by molar-refractivity contribution is 6.05. The molecule has 0 unspecified atom stereocenters. The number of carbonyl (C=O) groups excluding carboxylic acids is 2. The summed E-state index contributed by atoms with van der Waals surface area (Å²) in [6.45, 7) is 2.16. The Hall–Kier alpha value is -3.83.